The molecule has 0 radical (unpaired) electrons. The molecule has 3 aromatic rings. The van der Waals surface area contributed by atoms with Crippen molar-refractivity contribution in [3.05, 3.63) is 71.2 Å². The summed E-state index contributed by atoms with van der Waals surface area (Å²) in [5.41, 5.74) is 2.86. The Balaban J connectivity index is 1.66. The number of carbonyl (C=O) groups is 1. The summed E-state index contributed by atoms with van der Waals surface area (Å²) in [5, 5.41) is 2.82. The third-order valence-corrected chi connectivity index (χ3v) is 4.06. The zero-order valence-electron chi connectivity index (χ0n) is 12.2. The maximum atomic E-state index is 12.0. The number of nitrogens with zero attached hydrogens (tertiary/aromatic N) is 1. The van der Waals surface area contributed by atoms with Gasteiger partial charge in [-0.15, -0.1) is 11.3 Å². The summed E-state index contributed by atoms with van der Waals surface area (Å²) in [5.74, 6) is 0.277. The SMILES string of the molecule is Cc1cccc(OC(=O)Cc2csc(-c3ccccc3)n2)c1. The molecule has 0 aliphatic rings. The summed E-state index contributed by atoms with van der Waals surface area (Å²) < 4.78 is 5.34. The second-order valence-electron chi connectivity index (χ2n) is 4.98. The third-order valence-electron chi connectivity index (χ3n) is 3.12. The van der Waals surface area contributed by atoms with Crippen molar-refractivity contribution in [1.82, 2.24) is 4.98 Å². The van der Waals surface area contributed by atoms with Crippen LogP contribution in [0.3, 0.4) is 0 Å². The number of ether oxygens (including phenoxy) is 1. The molecule has 22 heavy (non-hydrogen) atoms. The Morgan fingerprint density at radius 3 is 2.73 bits per heavy atom. The van der Waals surface area contributed by atoms with E-state index in [0.717, 1.165) is 21.8 Å². The number of aryl methyl sites for hydroxylation is 1. The van der Waals surface area contributed by atoms with E-state index in [1.54, 1.807) is 6.07 Å². The Bertz CT molecular complexity index is 781. The van der Waals surface area contributed by atoms with Crippen LogP contribution in [0.2, 0.25) is 0 Å². The van der Waals surface area contributed by atoms with Crippen molar-refractivity contribution >= 4 is 17.3 Å². The van der Waals surface area contributed by atoms with Crippen molar-refractivity contribution in [3.8, 4) is 16.3 Å². The molecule has 1 aromatic heterocycles. The predicted molar refractivity (Wildman–Crippen MR) is 88.1 cm³/mol. The molecule has 0 saturated heterocycles. The number of thiazole rings is 1. The van der Waals surface area contributed by atoms with E-state index in [0.29, 0.717) is 5.75 Å². The number of aromatic nitrogens is 1. The van der Waals surface area contributed by atoms with Crippen LogP contribution in [0.4, 0.5) is 0 Å². The van der Waals surface area contributed by atoms with Gasteiger partial charge in [0.2, 0.25) is 0 Å². The van der Waals surface area contributed by atoms with E-state index in [-0.39, 0.29) is 12.4 Å². The summed E-state index contributed by atoms with van der Waals surface area (Å²) >= 11 is 1.53. The number of carbonyl (C=O) groups excluding carboxylic acids is 1. The Labute approximate surface area is 133 Å². The molecule has 0 spiro atoms. The normalized spacial score (nSPS) is 10.4. The van der Waals surface area contributed by atoms with Crippen LogP contribution in [0.25, 0.3) is 10.6 Å². The minimum atomic E-state index is -0.296. The first-order chi connectivity index (χ1) is 10.7. The highest BCUT2D eigenvalue weighted by atomic mass is 32.1. The summed E-state index contributed by atoms with van der Waals surface area (Å²) in [6.07, 6.45) is 0.178. The molecule has 0 N–H and O–H groups in total. The molecule has 0 bridgehead atoms. The molecule has 0 amide bonds. The number of hydrogen-bond acceptors (Lipinski definition) is 4. The molecule has 1 heterocycles. The molecule has 2 aromatic carbocycles. The summed E-state index contributed by atoms with van der Waals surface area (Å²) in [6.45, 7) is 1.96. The average molecular weight is 309 g/mol. The Morgan fingerprint density at radius 2 is 1.95 bits per heavy atom. The first-order valence-electron chi connectivity index (χ1n) is 6.98. The lowest BCUT2D eigenvalue weighted by molar-refractivity contribution is -0.133. The molecule has 0 aliphatic heterocycles. The molecule has 110 valence electrons. The molecule has 0 aliphatic carbocycles. The largest absolute Gasteiger partial charge is 0.426 e. The highest BCUT2D eigenvalue weighted by Gasteiger charge is 2.11. The minimum Gasteiger partial charge on any atom is -0.426 e. The van der Waals surface area contributed by atoms with E-state index in [2.05, 4.69) is 4.98 Å². The van der Waals surface area contributed by atoms with E-state index in [9.17, 15) is 4.79 Å². The van der Waals surface area contributed by atoms with Gasteiger partial charge in [0.25, 0.3) is 0 Å². The van der Waals surface area contributed by atoms with Crippen molar-refractivity contribution in [2.24, 2.45) is 0 Å². The maximum absolute atomic E-state index is 12.0. The summed E-state index contributed by atoms with van der Waals surface area (Å²) in [6, 6.07) is 17.4. The van der Waals surface area contributed by atoms with E-state index >= 15 is 0 Å². The van der Waals surface area contributed by atoms with Crippen LogP contribution in [0.15, 0.2) is 60.0 Å². The maximum Gasteiger partial charge on any atom is 0.317 e. The highest BCUT2D eigenvalue weighted by molar-refractivity contribution is 7.13. The number of rotatable bonds is 4. The molecular formula is C18H15NO2S. The van der Waals surface area contributed by atoms with Gasteiger partial charge in [0, 0.05) is 10.9 Å². The molecule has 0 saturated carbocycles. The Morgan fingerprint density at radius 1 is 1.14 bits per heavy atom. The molecule has 3 nitrogen and oxygen atoms in total. The Hall–Kier alpha value is -2.46. The number of benzene rings is 2. The van der Waals surface area contributed by atoms with Crippen LogP contribution < -0.4 is 4.74 Å². The lowest BCUT2D eigenvalue weighted by Gasteiger charge is -2.03. The minimum absolute atomic E-state index is 0.178. The standard InChI is InChI=1S/C18H15NO2S/c1-13-6-5-9-16(10-13)21-17(20)11-15-12-22-18(19-15)14-7-3-2-4-8-14/h2-10,12H,11H2,1H3. The van der Waals surface area contributed by atoms with Gasteiger partial charge in [-0.2, -0.15) is 0 Å². The van der Waals surface area contributed by atoms with Gasteiger partial charge in [-0.3, -0.25) is 4.79 Å². The highest BCUT2D eigenvalue weighted by Crippen LogP contribution is 2.23. The first kappa shape index (κ1) is 14.5. The van der Waals surface area contributed by atoms with Crippen molar-refractivity contribution < 1.29 is 9.53 Å². The lowest BCUT2D eigenvalue weighted by atomic mass is 10.2. The smallest absolute Gasteiger partial charge is 0.317 e. The molecular weight excluding hydrogens is 294 g/mol. The first-order valence-corrected chi connectivity index (χ1v) is 7.86. The number of esters is 1. The van der Waals surface area contributed by atoms with Gasteiger partial charge in [0.1, 0.15) is 10.8 Å². The molecule has 0 unspecified atom stereocenters. The quantitative estimate of drug-likeness (QED) is 0.534. The van der Waals surface area contributed by atoms with E-state index in [1.165, 1.54) is 11.3 Å². The van der Waals surface area contributed by atoms with E-state index in [4.69, 9.17) is 4.74 Å². The van der Waals surface area contributed by atoms with Crippen LogP contribution in [0.1, 0.15) is 11.3 Å². The topological polar surface area (TPSA) is 39.2 Å². The summed E-state index contributed by atoms with van der Waals surface area (Å²) in [7, 11) is 0. The van der Waals surface area contributed by atoms with Gasteiger partial charge in [0.15, 0.2) is 0 Å². The van der Waals surface area contributed by atoms with Crippen LogP contribution in [-0.4, -0.2) is 11.0 Å². The van der Waals surface area contributed by atoms with Crippen molar-refractivity contribution in [2.75, 3.05) is 0 Å². The van der Waals surface area contributed by atoms with Crippen LogP contribution in [-0.2, 0) is 11.2 Å². The fourth-order valence-corrected chi connectivity index (χ4v) is 2.92. The lowest BCUT2D eigenvalue weighted by Crippen LogP contribution is -2.11. The molecule has 0 atom stereocenters. The fourth-order valence-electron chi connectivity index (χ4n) is 2.10. The van der Waals surface area contributed by atoms with E-state index in [1.807, 2.05) is 60.8 Å². The zero-order chi connectivity index (χ0) is 15.4. The summed E-state index contributed by atoms with van der Waals surface area (Å²) in [4.78, 5) is 16.5. The van der Waals surface area contributed by atoms with Gasteiger partial charge in [-0.1, -0.05) is 42.5 Å². The van der Waals surface area contributed by atoms with Gasteiger partial charge >= 0.3 is 5.97 Å². The van der Waals surface area contributed by atoms with Crippen molar-refractivity contribution in [2.45, 2.75) is 13.3 Å². The molecule has 0 fully saturated rings. The second kappa shape index (κ2) is 6.54. The van der Waals surface area contributed by atoms with Crippen LogP contribution >= 0.6 is 11.3 Å². The average Bonchev–Trinajstić information content (AvgIpc) is 2.96. The van der Waals surface area contributed by atoms with Gasteiger partial charge in [0.05, 0.1) is 12.1 Å². The van der Waals surface area contributed by atoms with Crippen molar-refractivity contribution in [3.63, 3.8) is 0 Å². The zero-order valence-corrected chi connectivity index (χ0v) is 13.0. The Kier molecular flexibility index (Phi) is 4.30. The third kappa shape index (κ3) is 3.59. The van der Waals surface area contributed by atoms with Gasteiger partial charge in [-0.25, -0.2) is 4.98 Å². The fraction of sp³-hybridized carbons (Fsp3) is 0.111. The van der Waals surface area contributed by atoms with Crippen LogP contribution in [0, 0.1) is 6.92 Å². The predicted octanol–water partition coefficient (Wildman–Crippen LogP) is 4.27. The van der Waals surface area contributed by atoms with Gasteiger partial charge in [-0.05, 0) is 24.6 Å². The molecule has 4 heteroatoms. The number of hydrogen-bond donors (Lipinski definition) is 0. The van der Waals surface area contributed by atoms with E-state index < -0.39 is 0 Å². The van der Waals surface area contributed by atoms with Gasteiger partial charge < -0.3 is 4.74 Å². The van der Waals surface area contributed by atoms with Crippen molar-refractivity contribution in [1.29, 1.82) is 0 Å². The van der Waals surface area contributed by atoms with Crippen LogP contribution in [0.5, 0.6) is 5.75 Å². The molecule has 3 rings (SSSR count). The second-order valence-corrected chi connectivity index (χ2v) is 5.84. The monoisotopic (exact) mass is 309 g/mol.